The van der Waals surface area contributed by atoms with Crippen molar-refractivity contribution in [2.45, 2.75) is 6.54 Å². The van der Waals surface area contributed by atoms with Gasteiger partial charge in [0.2, 0.25) is 0 Å². The Bertz CT molecular complexity index is 601. The van der Waals surface area contributed by atoms with Gasteiger partial charge in [0.25, 0.3) is 11.5 Å². The van der Waals surface area contributed by atoms with Crippen molar-refractivity contribution in [2.75, 3.05) is 7.05 Å². The lowest BCUT2D eigenvalue weighted by Crippen LogP contribution is -2.28. The fourth-order valence-electron chi connectivity index (χ4n) is 1.61. The number of amides is 1. The molecule has 0 aliphatic rings. The van der Waals surface area contributed by atoms with E-state index >= 15 is 0 Å². The molecule has 2 aromatic heterocycles. The molecule has 0 bridgehead atoms. The van der Waals surface area contributed by atoms with Gasteiger partial charge in [-0.1, -0.05) is 0 Å². The number of rotatable bonds is 3. The van der Waals surface area contributed by atoms with E-state index in [-0.39, 0.29) is 11.5 Å². The van der Waals surface area contributed by atoms with Crippen LogP contribution in [0.2, 0.25) is 0 Å². The number of hydrogen-bond acceptors (Lipinski definition) is 3. The molecule has 2 aromatic rings. The Hall–Kier alpha value is -2.37. The Morgan fingerprint density at radius 1 is 1.56 bits per heavy atom. The monoisotopic (exact) mass is 246 g/mol. The molecule has 0 unspecified atom stereocenters. The smallest absolute Gasteiger partial charge is 0.254 e. The molecule has 1 N–H and O–H groups in total. The van der Waals surface area contributed by atoms with Gasteiger partial charge in [0, 0.05) is 50.2 Å². The molecule has 0 spiro atoms. The van der Waals surface area contributed by atoms with E-state index in [1.165, 1.54) is 10.6 Å². The predicted molar refractivity (Wildman–Crippen MR) is 66.1 cm³/mol. The number of nitrogens with zero attached hydrogens (tertiary/aromatic N) is 3. The minimum Gasteiger partial charge on any atom is -0.337 e. The van der Waals surface area contributed by atoms with Crippen molar-refractivity contribution >= 4 is 5.91 Å². The lowest BCUT2D eigenvalue weighted by Gasteiger charge is -2.16. The molecule has 0 aliphatic heterocycles. The molecule has 0 radical (unpaired) electrons. The average molecular weight is 246 g/mol. The number of hydrogen-bond donors (Lipinski definition) is 1. The molecule has 18 heavy (non-hydrogen) atoms. The number of aromatic amines is 1. The summed E-state index contributed by atoms with van der Waals surface area (Å²) in [5.74, 6) is -0.186. The highest BCUT2D eigenvalue weighted by molar-refractivity contribution is 5.93. The summed E-state index contributed by atoms with van der Waals surface area (Å²) in [7, 11) is 3.33. The molecular formula is C12H14N4O2. The van der Waals surface area contributed by atoms with Crippen LogP contribution in [0.25, 0.3) is 0 Å². The second-order valence-corrected chi connectivity index (χ2v) is 4.13. The highest BCUT2D eigenvalue weighted by Gasteiger charge is 2.13. The molecule has 0 atom stereocenters. The maximum Gasteiger partial charge on any atom is 0.254 e. The second kappa shape index (κ2) is 4.87. The SMILES string of the molecule is CN(Cc1cn[nH]c1)C(=O)c1ccn(C)c(=O)c1. The average Bonchev–Trinajstić information content (AvgIpc) is 2.84. The van der Waals surface area contributed by atoms with Crippen LogP contribution < -0.4 is 5.56 Å². The van der Waals surface area contributed by atoms with E-state index in [1.54, 1.807) is 43.7 Å². The van der Waals surface area contributed by atoms with Crippen LogP contribution in [-0.4, -0.2) is 32.6 Å². The van der Waals surface area contributed by atoms with E-state index in [0.29, 0.717) is 12.1 Å². The summed E-state index contributed by atoms with van der Waals surface area (Å²) in [5, 5.41) is 6.51. The van der Waals surface area contributed by atoms with Crippen LogP contribution in [-0.2, 0) is 13.6 Å². The number of H-pyrrole nitrogens is 1. The van der Waals surface area contributed by atoms with Crippen LogP contribution >= 0.6 is 0 Å². The van der Waals surface area contributed by atoms with Crippen molar-refractivity contribution in [3.8, 4) is 0 Å². The van der Waals surface area contributed by atoms with Crippen molar-refractivity contribution in [2.24, 2.45) is 7.05 Å². The summed E-state index contributed by atoms with van der Waals surface area (Å²) in [4.78, 5) is 25.1. The van der Waals surface area contributed by atoms with Crippen LogP contribution in [0, 0.1) is 0 Å². The van der Waals surface area contributed by atoms with Crippen LogP contribution in [0.15, 0.2) is 35.5 Å². The maximum atomic E-state index is 12.1. The van der Waals surface area contributed by atoms with Gasteiger partial charge in [0.1, 0.15) is 0 Å². The second-order valence-electron chi connectivity index (χ2n) is 4.13. The third kappa shape index (κ3) is 2.48. The summed E-state index contributed by atoms with van der Waals surface area (Å²) in [6, 6.07) is 2.98. The zero-order valence-corrected chi connectivity index (χ0v) is 10.3. The molecule has 0 fully saturated rings. The van der Waals surface area contributed by atoms with Crippen molar-refractivity contribution in [3.05, 3.63) is 52.2 Å². The van der Waals surface area contributed by atoms with Gasteiger partial charge in [-0.3, -0.25) is 14.7 Å². The van der Waals surface area contributed by atoms with Crippen LogP contribution in [0.5, 0.6) is 0 Å². The zero-order valence-electron chi connectivity index (χ0n) is 10.3. The van der Waals surface area contributed by atoms with Crippen molar-refractivity contribution in [3.63, 3.8) is 0 Å². The lowest BCUT2D eigenvalue weighted by molar-refractivity contribution is 0.0785. The molecule has 2 rings (SSSR count). The molecule has 2 heterocycles. The highest BCUT2D eigenvalue weighted by Crippen LogP contribution is 2.05. The third-order valence-corrected chi connectivity index (χ3v) is 2.67. The largest absolute Gasteiger partial charge is 0.337 e. The van der Waals surface area contributed by atoms with Gasteiger partial charge in [0.05, 0.1) is 6.20 Å². The van der Waals surface area contributed by atoms with Gasteiger partial charge in [-0.15, -0.1) is 0 Å². The van der Waals surface area contributed by atoms with Crippen LogP contribution in [0.4, 0.5) is 0 Å². The van der Waals surface area contributed by atoms with Gasteiger partial charge in [0.15, 0.2) is 0 Å². The first-order chi connectivity index (χ1) is 8.58. The van der Waals surface area contributed by atoms with Gasteiger partial charge < -0.3 is 9.47 Å². The first-order valence-electron chi connectivity index (χ1n) is 5.48. The Balaban J connectivity index is 2.15. The minimum atomic E-state index is -0.197. The maximum absolute atomic E-state index is 12.1. The van der Waals surface area contributed by atoms with Crippen molar-refractivity contribution < 1.29 is 4.79 Å². The summed E-state index contributed by atoms with van der Waals surface area (Å²) in [6.45, 7) is 0.449. The van der Waals surface area contributed by atoms with Gasteiger partial charge in [-0.2, -0.15) is 5.10 Å². The fourth-order valence-corrected chi connectivity index (χ4v) is 1.61. The van der Waals surface area contributed by atoms with Gasteiger partial charge >= 0.3 is 0 Å². The Morgan fingerprint density at radius 2 is 2.33 bits per heavy atom. The molecule has 6 heteroatoms. The Kier molecular flexibility index (Phi) is 3.27. The van der Waals surface area contributed by atoms with Crippen LogP contribution in [0.3, 0.4) is 0 Å². The summed E-state index contributed by atoms with van der Waals surface area (Å²) >= 11 is 0. The quantitative estimate of drug-likeness (QED) is 0.851. The Labute approximate surface area is 104 Å². The van der Waals surface area contributed by atoms with Crippen molar-refractivity contribution in [1.29, 1.82) is 0 Å². The van der Waals surface area contributed by atoms with E-state index in [4.69, 9.17) is 0 Å². The van der Waals surface area contributed by atoms with E-state index in [1.807, 2.05) is 0 Å². The van der Waals surface area contributed by atoms with Crippen LogP contribution in [0.1, 0.15) is 15.9 Å². The highest BCUT2D eigenvalue weighted by atomic mass is 16.2. The van der Waals surface area contributed by atoms with E-state index in [9.17, 15) is 9.59 Å². The number of pyridine rings is 1. The molecule has 0 saturated carbocycles. The summed E-state index contributed by atoms with van der Waals surface area (Å²) < 4.78 is 1.42. The molecule has 6 nitrogen and oxygen atoms in total. The number of carbonyl (C=O) groups excluding carboxylic acids is 1. The predicted octanol–water partition coefficient (Wildman–Crippen LogP) is 0.381. The van der Waals surface area contributed by atoms with E-state index < -0.39 is 0 Å². The molecule has 0 aromatic carbocycles. The molecular weight excluding hydrogens is 232 g/mol. The number of aryl methyl sites for hydroxylation is 1. The molecule has 94 valence electrons. The normalized spacial score (nSPS) is 10.3. The minimum absolute atomic E-state index is 0.186. The first kappa shape index (κ1) is 12.1. The van der Waals surface area contributed by atoms with Gasteiger partial charge in [-0.25, -0.2) is 0 Å². The number of aromatic nitrogens is 3. The van der Waals surface area contributed by atoms with E-state index in [0.717, 1.165) is 5.56 Å². The zero-order chi connectivity index (χ0) is 13.1. The first-order valence-corrected chi connectivity index (χ1v) is 5.48. The topological polar surface area (TPSA) is 71.0 Å². The summed E-state index contributed by atoms with van der Waals surface area (Å²) in [5.41, 5.74) is 1.11. The molecule has 0 saturated heterocycles. The van der Waals surface area contributed by atoms with E-state index in [2.05, 4.69) is 10.2 Å². The van der Waals surface area contributed by atoms with Gasteiger partial charge in [-0.05, 0) is 6.07 Å². The molecule has 1 amide bonds. The standard InChI is InChI=1S/C12H14N4O2/c1-15-4-3-10(5-11(15)17)12(18)16(2)8-9-6-13-14-7-9/h3-7H,8H2,1-2H3,(H,13,14). The Morgan fingerprint density at radius 3 is 2.94 bits per heavy atom. The van der Waals surface area contributed by atoms with Crippen molar-refractivity contribution in [1.82, 2.24) is 19.7 Å². The lowest BCUT2D eigenvalue weighted by atomic mass is 10.2. The number of nitrogens with one attached hydrogen (secondary N) is 1. The number of carbonyl (C=O) groups is 1. The third-order valence-electron chi connectivity index (χ3n) is 2.67. The fraction of sp³-hybridized carbons (Fsp3) is 0.250. The summed E-state index contributed by atoms with van der Waals surface area (Å²) in [6.07, 6.45) is 4.98. The molecule has 0 aliphatic carbocycles.